The van der Waals surface area contributed by atoms with Gasteiger partial charge in [-0.3, -0.25) is 4.79 Å². The molecule has 1 fully saturated rings. The second-order valence-electron chi connectivity index (χ2n) is 6.26. The van der Waals surface area contributed by atoms with Crippen LogP contribution in [0.2, 0.25) is 0 Å². The molecule has 1 aliphatic carbocycles. The number of alkyl halides is 3. The molecule has 0 spiro atoms. The summed E-state index contributed by atoms with van der Waals surface area (Å²) in [5.74, 6) is -0.342. The molecule has 0 bridgehead atoms. The largest absolute Gasteiger partial charge is 0.416 e. The number of carbonyl (C=O) groups excluding carboxylic acids is 1. The van der Waals surface area contributed by atoms with Crippen molar-refractivity contribution in [2.24, 2.45) is 0 Å². The number of carbonyl (C=O) groups is 1. The summed E-state index contributed by atoms with van der Waals surface area (Å²) >= 11 is 0. The quantitative estimate of drug-likeness (QED) is 0.873. The Morgan fingerprint density at radius 3 is 2.12 bits per heavy atom. The third-order valence-corrected chi connectivity index (χ3v) is 4.76. The summed E-state index contributed by atoms with van der Waals surface area (Å²) in [6, 6.07) is 14.3. The minimum absolute atomic E-state index is 0.0527. The summed E-state index contributed by atoms with van der Waals surface area (Å²) in [5, 5.41) is 2.88. The van der Waals surface area contributed by atoms with Crippen LogP contribution < -0.4 is 5.32 Å². The lowest BCUT2D eigenvalue weighted by molar-refractivity contribution is -0.137. The smallest absolute Gasteiger partial charge is 0.351 e. The summed E-state index contributed by atoms with van der Waals surface area (Å²) in [6.45, 7) is 0.497. The van der Waals surface area contributed by atoms with Gasteiger partial charge in [-0.1, -0.05) is 36.8 Å². The maximum absolute atomic E-state index is 12.6. The van der Waals surface area contributed by atoms with Gasteiger partial charge in [0, 0.05) is 17.5 Å². The molecule has 1 saturated carbocycles. The molecule has 0 radical (unpaired) electrons. The van der Waals surface area contributed by atoms with Crippen molar-refractivity contribution in [3.8, 4) is 0 Å². The number of halogens is 3. The van der Waals surface area contributed by atoms with E-state index in [4.69, 9.17) is 0 Å². The van der Waals surface area contributed by atoms with Crippen molar-refractivity contribution in [1.29, 1.82) is 0 Å². The number of amides is 1. The molecule has 1 aliphatic rings. The summed E-state index contributed by atoms with van der Waals surface area (Å²) in [5.41, 5.74) is 0.635. The van der Waals surface area contributed by atoms with Crippen molar-refractivity contribution in [3.05, 3.63) is 71.3 Å². The van der Waals surface area contributed by atoms with E-state index in [2.05, 4.69) is 17.4 Å². The van der Waals surface area contributed by atoms with Gasteiger partial charge < -0.3 is 5.32 Å². The van der Waals surface area contributed by atoms with Crippen molar-refractivity contribution in [3.63, 3.8) is 0 Å². The monoisotopic (exact) mass is 333 g/mol. The van der Waals surface area contributed by atoms with Crippen molar-refractivity contribution < 1.29 is 18.0 Å². The van der Waals surface area contributed by atoms with Gasteiger partial charge in [-0.15, -0.1) is 0 Å². The highest BCUT2D eigenvalue weighted by Crippen LogP contribution is 2.43. The van der Waals surface area contributed by atoms with E-state index in [1.165, 1.54) is 17.7 Å². The molecule has 1 amide bonds. The van der Waals surface area contributed by atoms with E-state index in [1.54, 1.807) is 0 Å². The topological polar surface area (TPSA) is 29.1 Å². The van der Waals surface area contributed by atoms with Gasteiger partial charge in [-0.05, 0) is 42.7 Å². The highest BCUT2D eigenvalue weighted by atomic mass is 19.4. The van der Waals surface area contributed by atoms with Gasteiger partial charge in [0.2, 0.25) is 0 Å². The average molecular weight is 333 g/mol. The second kappa shape index (κ2) is 6.30. The summed E-state index contributed by atoms with van der Waals surface area (Å²) in [7, 11) is 0. The fraction of sp³-hybridized carbons (Fsp3) is 0.316. The second-order valence-corrected chi connectivity index (χ2v) is 6.26. The number of benzene rings is 2. The van der Waals surface area contributed by atoms with E-state index in [0.29, 0.717) is 6.54 Å². The van der Waals surface area contributed by atoms with Crippen molar-refractivity contribution >= 4 is 5.91 Å². The fourth-order valence-corrected chi connectivity index (χ4v) is 3.12. The van der Waals surface area contributed by atoms with Crippen LogP contribution in [0.1, 0.15) is 40.7 Å². The molecular formula is C19H18F3NO. The Labute approximate surface area is 138 Å². The maximum atomic E-state index is 12.6. The molecule has 0 aliphatic heterocycles. The molecule has 2 aromatic rings. The van der Waals surface area contributed by atoms with E-state index in [0.717, 1.165) is 31.4 Å². The molecule has 126 valence electrons. The SMILES string of the molecule is O=C(NCC1(c2ccccc2)CCC1)c1ccc(C(F)(F)F)cc1. The molecule has 0 saturated heterocycles. The van der Waals surface area contributed by atoms with Crippen molar-refractivity contribution in [2.75, 3.05) is 6.54 Å². The van der Waals surface area contributed by atoms with Gasteiger partial charge in [0.05, 0.1) is 5.56 Å². The highest BCUT2D eigenvalue weighted by Gasteiger charge is 2.38. The van der Waals surface area contributed by atoms with E-state index >= 15 is 0 Å². The molecule has 0 unspecified atom stereocenters. The summed E-state index contributed by atoms with van der Waals surface area (Å²) < 4.78 is 37.7. The van der Waals surface area contributed by atoms with Gasteiger partial charge >= 0.3 is 6.18 Å². The van der Waals surface area contributed by atoms with Crippen LogP contribution in [0.4, 0.5) is 13.2 Å². The van der Waals surface area contributed by atoms with Gasteiger partial charge in [0.1, 0.15) is 0 Å². The zero-order valence-corrected chi connectivity index (χ0v) is 13.1. The predicted octanol–water partition coefficient (Wildman–Crippen LogP) is 4.56. The maximum Gasteiger partial charge on any atom is 0.416 e. The Morgan fingerprint density at radius 1 is 1.00 bits per heavy atom. The first-order chi connectivity index (χ1) is 11.4. The Kier molecular flexibility index (Phi) is 4.35. The van der Waals surface area contributed by atoms with Crippen LogP contribution in [0, 0.1) is 0 Å². The van der Waals surface area contributed by atoms with Crippen LogP contribution in [0.5, 0.6) is 0 Å². The molecule has 3 rings (SSSR count). The minimum atomic E-state index is -4.39. The molecule has 0 aromatic heterocycles. The molecular weight excluding hydrogens is 315 g/mol. The standard InChI is InChI=1S/C19H18F3NO/c20-19(21,22)16-9-7-14(8-10-16)17(24)23-13-18(11-4-12-18)15-5-2-1-3-6-15/h1-3,5-10H,4,11-13H2,(H,23,24). The Morgan fingerprint density at radius 2 is 1.62 bits per heavy atom. The van der Waals surface area contributed by atoms with Gasteiger partial charge in [0.15, 0.2) is 0 Å². The van der Waals surface area contributed by atoms with E-state index in [9.17, 15) is 18.0 Å². The lowest BCUT2D eigenvalue weighted by Gasteiger charge is -2.42. The van der Waals surface area contributed by atoms with Crippen molar-refractivity contribution in [1.82, 2.24) is 5.32 Å². The molecule has 2 nitrogen and oxygen atoms in total. The van der Waals surface area contributed by atoms with Crippen molar-refractivity contribution in [2.45, 2.75) is 30.9 Å². The third kappa shape index (κ3) is 3.30. The lowest BCUT2D eigenvalue weighted by Crippen LogP contribution is -2.45. The molecule has 2 aromatic carbocycles. The summed E-state index contributed by atoms with van der Waals surface area (Å²) in [6.07, 6.45) is -1.27. The third-order valence-electron chi connectivity index (χ3n) is 4.76. The lowest BCUT2D eigenvalue weighted by atomic mass is 9.64. The zero-order chi connectivity index (χ0) is 17.2. The Balaban J connectivity index is 1.67. The van der Waals surface area contributed by atoms with E-state index in [-0.39, 0.29) is 16.9 Å². The predicted molar refractivity (Wildman–Crippen MR) is 85.7 cm³/mol. The van der Waals surface area contributed by atoms with Crippen LogP contribution in [0.3, 0.4) is 0 Å². The van der Waals surface area contributed by atoms with Crippen LogP contribution in [0.15, 0.2) is 54.6 Å². The van der Waals surface area contributed by atoms with Gasteiger partial charge in [-0.25, -0.2) is 0 Å². The van der Waals surface area contributed by atoms with Crippen LogP contribution in [-0.4, -0.2) is 12.5 Å². The number of nitrogens with one attached hydrogen (secondary N) is 1. The molecule has 0 atom stereocenters. The molecule has 1 N–H and O–H groups in total. The normalized spacial score (nSPS) is 16.3. The Bertz CT molecular complexity index is 704. The summed E-state index contributed by atoms with van der Waals surface area (Å²) in [4.78, 5) is 12.2. The van der Waals surface area contributed by atoms with Crippen LogP contribution in [0.25, 0.3) is 0 Å². The fourth-order valence-electron chi connectivity index (χ4n) is 3.12. The van der Waals surface area contributed by atoms with Crippen LogP contribution >= 0.6 is 0 Å². The molecule has 0 heterocycles. The van der Waals surface area contributed by atoms with Gasteiger partial charge in [-0.2, -0.15) is 13.2 Å². The minimum Gasteiger partial charge on any atom is -0.351 e. The average Bonchev–Trinajstić information content (AvgIpc) is 2.54. The molecule has 24 heavy (non-hydrogen) atoms. The highest BCUT2D eigenvalue weighted by molar-refractivity contribution is 5.94. The Hall–Kier alpha value is -2.30. The zero-order valence-electron chi connectivity index (χ0n) is 13.1. The first kappa shape index (κ1) is 16.6. The van der Waals surface area contributed by atoms with E-state index < -0.39 is 11.7 Å². The first-order valence-electron chi connectivity index (χ1n) is 7.92. The first-order valence-corrected chi connectivity index (χ1v) is 7.92. The van der Waals surface area contributed by atoms with Gasteiger partial charge in [0.25, 0.3) is 5.91 Å². The van der Waals surface area contributed by atoms with E-state index in [1.807, 2.05) is 18.2 Å². The number of hydrogen-bond acceptors (Lipinski definition) is 1. The number of hydrogen-bond donors (Lipinski definition) is 1. The molecule has 5 heteroatoms. The number of rotatable bonds is 4. The van der Waals surface area contributed by atoms with Crippen LogP contribution in [-0.2, 0) is 11.6 Å².